The van der Waals surface area contributed by atoms with Crippen LogP contribution in [0.5, 0.6) is 0 Å². The zero-order valence-electron chi connectivity index (χ0n) is 21.7. The highest BCUT2D eigenvalue weighted by Gasteiger charge is 2.79. The lowest BCUT2D eigenvalue weighted by molar-refractivity contribution is -0.148. The molecule has 0 bridgehead atoms. The van der Waals surface area contributed by atoms with Gasteiger partial charge in [-0.3, -0.25) is 4.79 Å². The maximum atomic E-state index is 15.0. The average molecular weight is 515 g/mol. The molecule has 0 aromatic heterocycles. The van der Waals surface area contributed by atoms with Crippen molar-refractivity contribution in [3.05, 3.63) is 101 Å². The summed E-state index contributed by atoms with van der Waals surface area (Å²) in [5, 5.41) is 21.8. The number of aryl methyl sites for hydroxylation is 1. The minimum absolute atomic E-state index is 0.0934. The molecule has 3 aliphatic heterocycles. The number of ether oxygens (including phenoxy) is 1. The summed E-state index contributed by atoms with van der Waals surface area (Å²) in [5.41, 5.74) is 0.614. The third-order valence-electron chi connectivity index (χ3n) is 8.22. The number of esters is 1. The van der Waals surface area contributed by atoms with Gasteiger partial charge >= 0.3 is 5.97 Å². The molecule has 3 unspecified atom stereocenters. The van der Waals surface area contributed by atoms with Crippen molar-refractivity contribution in [3.8, 4) is 12.1 Å². The quantitative estimate of drug-likeness (QED) is 0.470. The number of fused-ring (bicyclic) bond motifs is 5. The fraction of sp³-hybridized carbons (Fsp3) is 0.250. The highest BCUT2D eigenvalue weighted by molar-refractivity contribution is 6.15. The van der Waals surface area contributed by atoms with Gasteiger partial charge in [-0.05, 0) is 42.7 Å². The second-order valence-electron chi connectivity index (χ2n) is 10.2. The van der Waals surface area contributed by atoms with Gasteiger partial charge in [0.25, 0.3) is 0 Å². The van der Waals surface area contributed by atoms with E-state index < -0.39 is 34.8 Å². The van der Waals surface area contributed by atoms with Gasteiger partial charge in [0.05, 0.1) is 31.3 Å². The Balaban J connectivity index is 1.69. The van der Waals surface area contributed by atoms with Gasteiger partial charge in [0, 0.05) is 11.4 Å². The zero-order chi connectivity index (χ0) is 27.4. The van der Waals surface area contributed by atoms with E-state index in [1.807, 2.05) is 85.8 Å². The Kier molecular flexibility index (Phi) is 5.55. The molecule has 39 heavy (non-hydrogen) atoms. The number of amides is 1. The Morgan fingerprint density at radius 3 is 2.44 bits per heavy atom. The summed E-state index contributed by atoms with van der Waals surface area (Å²) in [5.74, 6) is -1.09. The van der Waals surface area contributed by atoms with Gasteiger partial charge in [0.1, 0.15) is 11.5 Å². The Morgan fingerprint density at radius 2 is 1.72 bits per heavy atom. The highest BCUT2D eigenvalue weighted by Crippen LogP contribution is 2.64. The minimum atomic E-state index is -1.92. The van der Waals surface area contributed by atoms with E-state index in [0.29, 0.717) is 16.9 Å². The van der Waals surface area contributed by atoms with Crippen molar-refractivity contribution in [1.29, 1.82) is 10.5 Å². The smallest absolute Gasteiger partial charge is 0.330 e. The monoisotopic (exact) mass is 514 g/mol. The van der Waals surface area contributed by atoms with E-state index in [2.05, 4.69) is 12.1 Å². The molecule has 0 saturated carbocycles. The van der Waals surface area contributed by atoms with Crippen LogP contribution in [0.25, 0.3) is 6.08 Å². The molecule has 6 rings (SSSR count). The first-order valence-corrected chi connectivity index (χ1v) is 13.0. The van der Waals surface area contributed by atoms with E-state index in [4.69, 9.17) is 4.74 Å². The van der Waals surface area contributed by atoms with Crippen LogP contribution >= 0.6 is 0 Å². The molecule has 3 aromatic rings. The maximum Gasteiger partial charge on any atom is 0.330 e. The Labute approximate surface area is 227 Å². The van der Waals surface area contributed by atoms with E-state index in [1.54, 1.807) is 22.8 Å². The number of carbonyl (C=O) groups is 2. The molecule has 1 amide bonds. The molecule has 7 nitrogen and oxygen atoms in total. The SMILES string of the molecule is CCOC(=O)C1N2c3ccccc3C=CC2C(C#N)(C#N)C12C(=O)N(Cc1ccccc1)c1ccc(C)cc12. The number of carbonyl (C=O) groups excluding carboxylic acids is 2. The van der Waals surface area contributed by atoms with Crippen molar-refractivity contribution in [1.82, 2.24) is 0 Å². The van der Waals surface area contributed by atoms with Crippen molar-refractivity contribution < 1.29 is 14.3 Å². The van der Waals surface area contributed by atoms with Crippen molar-refractivity contribution in [2.45, 2.75) is 37.9 Å². The molecule has 1 saturated heterocycles. The predicted octanol–water partition coefficient (Wildman–Crippen LogP) is 4.66. The van der Waals surface area contributed by atoms with Gasteiger partial charge in [0.2, 0.25) is 5.91 Å². The summed E-state index contributed by atoms with van der Waals surface area (Å²) in [7, 11) is 0. The topological polar surface area (TPSA) is 97.4 Å². The number of hydrogen-bond acceptors (Lipinski definition) is 6. The van der Waals surface area contributed by atoms with Gasteiger partial charge in [-0.25, -0.2) is 4.79 Å². The van der Waals surface area contributed by atoms with Gasteiger partial charge in [-0.15, -0.1) is 0 Å². The molecule has 7 heteroatoms. The summed E-state index contributed by atoms with van der Waals surface area (Å²) < 4.78 is 5.61. The number of rotatable bonds is 4. The normalized spacial score (nSPS) is 23.5. The van der Waals surface area contributed by atoms with Gasteiger partial charge in [0.15, 0.2) is 5.41 Å². The van der Waals surface area contributed by atoms with Gasteiger partial charge in [-0.1, -0.05) is 78.4 Å². The molecule has 3 heterocycles. The van der Waals surface area contributed by atoms with E-state index >= 15 is 0 Å². The van der Waals surface area contributed by atoms with Gasteiger partial charge in [-0.2, -0.15) is 10.5 Å². The van der Waals surface area contributed by atoms with Crippen molar-refractivity contribution >= 4 is 29.3 Å². The third-order valence-corrected chi connectivity index (χ3v) is 8.22. The van der Waals surface area contributed by atoms with Crippen LogP contribution in [0.3, 0.4) is 0 Å². The lowest BCUT2D eigenvalue weighted by Gasteiger charge is -2.36. The lowest BCUT2D eigenvalue weighted by atomic mass is 9.58. The molecular weight excluding hydrogens is 488 g/mol. The summed E-state index contributed by atoms with van der Waals surface area (Å²) in [6, 6.07) is 25.1. The molecule has 3 aliphatic rings. The number of para-hydroxylation sites is 1. The first-order valence-electron chi connectivity index (χ1n) is 13.0. The van der Waals surface area contributed by atoms with Crippen LogP contribution in [0.2, 0.25) is 0 Å². The lowest BCUT2D eigenvalue weighted by Crippen LogP contribution is -2.59. The summed E-state index contributed by atoms with van der Waals surface area (Å²) in [6.07, 6.45) is 3.64. The predicted molar refractivity (Wildman–Crippen MR) is 146 cm³/mol. The number of nitrogens with zero attached hydrogens (tertiary/aromatic N) is 4. The molecule has 3 atom stereocenters. The summed E-state index contributed by atoms with van der Waals surface area (Å²) in [6.45, 7) is 3.93. The van der Waals surface area contributed by atoms with E-state index in [1.165, 1.54) is 0 Å². The Bertz CT molecular complexity index is 1600. The van der Waals surface area contributed by atoms with Crippen molar-refractivity contribution in [3.63, 3.8) is 0 Å². The highest BCUT2D eigenvalue weighted by atomic mass is 16.5. The third kappa shape index (κ3) is 3.08. The zero-order valence-corrected chi connectivity index (χ0v) is 21.7. The van der Waals surface area contributed by atoms with Crippen LogP contribution in [0, 0.1) is 35.0 Å². The number of nitriles is 2. The fourth-order valence-corrected chi connectivity index (χ4v) is 6.66. The summed E-state index contributed by atoms with van der Waals surface area (Å²) >= 11 is 0. The molecular formula is C32H26N4O3. The van der Waals surface area contributed by atoms with Crippen LogP contribution in [0.1, 0.15) is 29.2 Å². The first kappa shape index (κ1) is 24.5. The molecule has 0 N–H and O–H groups in total. The van der Waals surface area contributed by atoms with Crippen LogP contribution < -0.4 is 9.80 Å². The molecule has 0 radical (unpaired) electrons. The second kappa shape index (κ2) is 8.85. The van der Waals surface area contributed by atoms with E-state index in [0.717, 1.165) is 16.7 Å². The van der Waals surface area contributed by atoms with E-state index in [9.17, 15) is 20.1 Å². The Hall–Kier alpha value is -4.88. The second-order valence-corrected chi connectivity index (χ2v) is 10.2. The largest absolute Gasteiger partial charge is 0.464 e. The molecule has 0 aliphatic carbocycles. The maximum absolute atomic E-state index is 15.0. The number of hydrogen-bond donors (Lipinski definition) is 0. The Morgan fingerprint density at radius 1 is 1.00 bits per heavy atom. The molecule has 192 valence electrons. The van der Waals surface area contributed by atoms with E-state index in [-0.39, 0.29) is 13.2 Å². The minimum Gasteiger partial charge on any atom is -0.464 e. The first-order chi connectivity index (χ1) is 18.9. The summed E-state index contributed by atoms with van der Waals surface area (Å²) in [4.78, 5) is 32.4. The fourth-order valence-electron chi connectivity index (χ4n) is 6.66. The van der Waals surface area contributed by atoms with Crippen molar-refractivity contribution in [2.24, 2.45) is 5.41 Å². The van der Waals surface area contributed by atoms with Gasteiger partial charge < -0.3 is 14.5 Å². The molecule has 1 fully saturated rings. The van der Waals surface area contributed by atoms with Crippen LogP contribution in [0.4, 0.5) is 11.4 Å². The van der Waals surface area contributed by atoms with Crippen LogP contribution in [-0.4, -0.2) is 30.6 Å². The van der Waals surface area contributed by atoms with Crippen molar-refractivity contribution in [2.75, 3.05) is 16.4 Å². The van der Waals surface area contributed by atoms with Crippen LogP contribution in [-0.2, 0) is 26.3 Å². The number of anilines is 2. The number of benzene rings is 3. The molecule has 1 spiro atoms. The average Bonchev–Trinajstić information content (AvgIpc) is 3.36. The standard InChI is InChI=1S/C32H26N4O3/c1-3-39-29(37)28-32(31(19-33,20-34)27-16-14-23-11-7-8-12-25(23)36(27)28)24-17-21(2)13-15-26(24)35(30(32)38)18-22-9-5-4-6-10-22/h4-17,27-28H,3,18H2,1-2H3. The van der Waals surface area contributed by atoms with Crippen LogP contribution in [0.15, 0.2) is 78.9 Å². The molecule has 3 aromatic carbocycles.